The van der Waals surface area contributed by atoms with Crippen LogP contribution in [0.25, 0.3) is 0 Å². The molecule has 0 spiro atoms. The number of nitrogens with one attached hydrogen (secondary N) is 1. The predicted molar refractivity (Wildman–Crippen MR) is 135 cm³/mol. The molecule has 3 aromatic rings. The molecule has 1 saturated heterocycles. The van der Waals surface area contributed by atoms with Crippen molar-refractivity contribution in [2.75, 3.05) is 18.4 Å². The molecule has 4 rings (SSSR count). The summed E-state index contributed by atoms with van der Waals surface area (Å²) in [5, 5.41) is 3.02. The molecule has 1 N–H and O–H groups in total. The number of carbonyl (C=O) groups excluding carboxylic acids is 1. The number of halogens is 3. The first-order chi connectivity index (χ1) is 16.8. The molecule has 36 heavy (non-hydrogen) atoms. The molecular formula is C29H32ClF2N2O2-. The van der Waals surface area contributed by atoms with Crippen LogP contribution in [0.3, 0.4) is 0 Å². The highest BCUT2D eigenvalue weighted by atomic mass is 35.5. The molecule has 0 aliphatic carbocycles. The highest BCUT2D eigenvalue weighted by molar-refractivity contribution is 5.92. The number of hydrogen-bond donors (Lipinski definition) is 1. The summed E-state index contributed by atoms with van der Waals surface area (Å²) in [5.74, 6) is -0.498. The summed E-state index contributed by atoms with van der Waals surface area (Å²) in [6.07, 6.45) is 2.14. The predicted octanol–water partition coefficient (Wildman–Crippen LogP) is 4.04. The van der Waals surface area contributed by atoms with E-state index in [9.17, 15) is 13.6 Å². The fourth-order valence-electron chi connectivity index (χ4n) is 4.44. The number of piperidine rings is 1. The Hall–Kier alpha value is -2.96. The van der Waals surface area contributed by atoms with Crippen LogP contribution in [0.15, 0.2) is 60.7 Å². The van der Waals surface area contributed by atoms with E-state index < -0.39 is 11.6 Å². The first-order valence-electron chi connectivity index (χ1n) is 12.1. The summed E-state index contributed by atoms with van der Waals surface area (Å²) >= 11 is 0. The number of anilines is 1. The van der Waals surface area contributed by atoms with Gasteiger partial charge in [0.25, 0.3) is 0 Å². The van der Waals surface area contributed by atoms with Gasteiger partial charge in [-0.25, -0.2) is 8.78 Å². The number of amides is 1. The van der Waals surface area contributed by atoms with E-state index >= 15 is 0 Å². The zero-order chi connectivity index (χ0) is 24.9. The molecule has 1 fully saturated rings. The normalized spacial score (nSPS) is 14.4. The summed E-state index contributed by atoms with van der Waals surface area (Å²) in [5.41, 5.74) is 4.64. The van der Waals surface area contributed by atoms with Gasteiger partial charge in [0.15, 0.2) is 11.6 Å². The second kappa shape index (κ2) is 12.3. The maximum absolute atomic E-state index is 13.4. The van der Waals surface area contributed by atoms with Gasteiger partial charge < -0.3 is 22.5 Å². The van der Waals surface area contributed by atoms with E-state index in [0.29, 0.717) is 11.7 Å². The van der Waals surface area contributed by atoms with E-state index in [1.165, 1.54) is 22.8 Å². The highest BCUT2D eigenvalue weighted by Crippen LogP contribution is 2.33. The Bertz CT molecular complexity index is 1180. The Morgan fingerprint density at radius 2 is 1.64 bits per heavy atom. The van der Waals surface area contributed by atoms with Crippen molar-refractivity contribution in [2.45, 2.75) is 46.1 Å². The van der Waals surface area contributed by atoms with Gasteiger partial charge >= 0.3 is 0 Å². The third-order valence-corrected chi connectivity index (χ3v) is 6.55. The molecule has 4 nitrogen and oxygen atoms in total. The zero-order valence-corrected chi connectivity index (χ0v) is 21.6. The summed E-state index contributed by atoms with van der Waals surface area (Å²) in [6, 6.07) is 17.4. The summed E-state index contributed by atoms with van der Waals surface area (Å²) in [4.78, 5) is 14.5. The average Bonchev–Trinajstić information content (AvgIpc) is 2.84. The third-order valence-electron chi connectivity index (χ3n) is 6.55. The lowest BCUT2D eigenvalue weighted by atomic mass is 9.86. The lowest BCUT2D eigenvalue weighted by Gasteiger charge is -2.33. The number of ether oxygens (including phenoxy) is 1. The lowest BCUT2D eigenvalue weighted by Crippen LogP contribution is -3.00. The molecule has 7 heteroatoms. The minimum absolute atomic E-state index is 0. The van der Waals surface area contributed by atoms with Crippen molar-refractivity contribution in [2.24, 2.45) is 5.92 Å². The number of nitrogens with zero attached hydrogens (tertiary/aromatic N) is 1. The van der Waals surface area contributed by atoms with Gasteiger partial charge in [0.1, 0.15) is 11.5 Å². The van der Waals surface area contributed by atoms with Crippen LogP contribution in [-0.2, 0) is 11.3 Å². The highest BCUT2D eigenvalue weighted by Gasteiger charge is 2.22. The van der Waals surface area contributed by atoms with Gasteiger partial charge in [0, 0.05) is 24.2 Å². The molecule has 0 aromatic heterocycles. The number of carbonyl (C=O) groups is 1. The third kappa shape index (κ3) is 7.05. The average molecular weight is 514 g/mol. The summed E-state index contributed by atoms with van der Waals surface area (Å²) in [7, 11) is 0. The van der Waals surface area contributed by atoms with E-state index in [0.717, 1.165) is 50.3 Å². The Morgan fingerprint density at radius 1 is 0.972 bits per heavy atom. The van der Waals surface area contributed by atoms with Gasteiger partial charge in [0.2, 0.25) is 5.91 Å². The first kappa shape index (κ1) is 27.6. The van der Waals surface area contributed by atoms with Crippen LogP contribution in [0, 0.1) is 24.5 Å². The molecule has 3 aromatic carbocycles. The Kier molecular flexibility index (Phi) is 9.46. The molecule has 1 aliphatic rings. The minimum atomic E-state index is -0.926. The van der Waals surface area contributed by atoms with Gasteiger partial charge in [-0.05, 0) is 91.9 Å². The number of hydrogen-bond acceptors (Lipinski definition) is 3. The van der Waals surface area contributed by atoms with Crippen molar-refractivity contribution in [1.29, 1.82) is 0 Å². The molecule has 0 unspecified atom stereocenters. The molecule has 192 valence electrons. The van der Waals surface area contributed by atoms with Gasteiger partial charge in [0.05, 0.1) is 0 Å². The van der Waals surface area contributed by atoms with Crippen LogP contribution < -0.4 is 22.5 Å². The molecule has 0 bridgehead atoms. The largest absolute Gasteiger partial charge is 1.00 e. The van der Waals surface area contributed by atoms with E-state index in [1.54, 1.807) is 0 Å². The molecule has 0 saturated carbocycles. The lowest BCUT2D eigenvalue weighted by molar-refractivity contribution is -0.118. The monoisotopic (exact) mass is 513 g/mol. The summed E-state index contributed by atoms with van der Waals surface area (Å²) in [6.45, 7) is 8.78. The van der Waals surface area contributed by atoms with Gasteiger partial charge in [-0.3, -0.25) is 9.69 Å². The van der Waals surface area contributed by atoms with Crippen LogP contribution in [0.4, 0.5) is 14.5 Å². The smallest absolute Gasteiger partial charge is 0.226 e. The van der Waals surface area contributed by atoms with Gasteiger partial charge in [-0.2, -0.15) is 0 Å². The Balaban J connectivity index is 0.00000361. The van der Waals surface area contributed by atoms with E-state index in [4.69, 9.17) is 4.74 Å². The molecule has 1 aliphatic heterocycles. The van der Waals surface area contributed by atoms with Crippen molar-refractivity contribution in [3.63, 3.8) is 0 Å². The summed E-state index contributed by atoms with van der Waals surface area (Å²) < 4.78 is 32.1. The van der Waals surface area contributed by atoms with Crippen LogP contribution in [-0.4, -0.2) is 23.9 Å². The maximum atomic E-state index is 13.4. The van der Waals surface area contributed by atoms with E-state index in [2.05, 4.69) is 29.3 Å². The Morgan fingerprint density at radius 3 is 2.28 bits per heavy atom. The second-order valence-corrected chi connectivity index (χ2v) is 9.59. The van der Waals surface area contributed by atoms with Crippen LogP contribution in [0.2, 0.25) is 0 Å². The number of aryl methyl sites for hydroxylation is 1. The SMILES string of the molecule is Cc1ccc(NC(=O)C(C)C)cc1C1CCN(Cc2ccc(Oc3ccc(F)c(F)c3)cc2)CC1.[Cl-]. The van der Waals surface area contributed by atoms with Gasteiger partial charge in [-0.15, -0.1) is 0 Å². The quantitative estimate of drug-likeness (QED) is 0.518. The van der Waals surface area contributed by atoms with Crippen molar-refractivity contribution in [1.82, 2.24) is 4.90 Å². The van der Waals surface area contributed by atoms with E-state index in [-0.39, 0.29) is 30.0 Å². The van der Waals surface area contributed by atoms with Crippen LogP contribution >= 0.6 is 0 Å². The van der Waals surface area contributed by atoms with Crippen molar-refractivity contribution in [3.8, 4) is 11.5 Å². The first-order valence-corrected chi connectivity index (χ1v) is 12.1. The maximum Gasteiger partial charge on any atom is 0.226 e. The van der Waals surface area contributed by atoms with Gasteiger partial charge in [-0.1, -0.05) is 32.0 Å². The molecule has 1 heterocycles. The topological polar surface area (TPSA) is 41.6 Å². The number of rotatable bonds is 7. The molecular weight excluding hydrogens is 482 g/mol. The number of likely N-dealkylation sites (tertiary alicyclic amines) is 1. The van der Waals surface area contributed by atoms with Crippen molar-refractivity contribution < 1.29 is 30.7 Å². The molecule has 0 atom stereocenters. The van der Waals surface area contributed by atoms with Crippen molar-refractivity contribution in [3.05, 3.63) is 89.0 Å². The van der Waals surface area contributed by atoms with Crippen molar-refractivity contribution >= 4 is 11.6 Å². The Labute approximate surface area is 218 Å². The zero-order valence-electron chi connectivity index (χ0n) is 20.9. The molecule has 1 amide bonds. The van der Waals surface area contributed by atoms with E-state index in [1.807, 2.05) is 44.2 Å². The standard InChI is InChI=1S/C29H32F2N2O2.ClH/c1-19(2)29(34)32-23-7-4-20(3)26(16-23)22-12-14-33(15-13-22)18-21-5-8-24(9-6-21)35-25-10-11-27(30)28(31)17-25;/h4-11,16-17,19,22H,12-15,18H2,1-3H3,(H,32,34);1H/p-1. The fourth-order valence-corrected chi connectivity index (χ4v) is 4.44. The molecule has 0 radical (unpaired) electrons. The minimum Gasteiger partial charge on any atom is -1.00 e. The van der Waals surface area contributed by atoms with Crippen LogP contribution in [0.5, 0.6) is 11.5 Å². The fraction of sp³-hybridized carbons (Fsp3) is 0.345. The second-order valence-electron chi connectivity index (χ2n) is 9.59. The number of benzene rings is 3. The van der Waals surface area contributed by atoms with Crippen LogP contribution in [0.1, 0.15) is 49.3 Å².